The molecule has 1 saturated heterocycles. The second kappa shape index (κ2) is 4.20. The molecule has 82 valence electrons. The predicted molar refractivity (Wildman–Crippen MR) is 65.4 cm³/mol. The van der Waals surface area contributed by atoms with E-state index in [1.54, 1.807) is 0 Å². The summed E-state index contributed by atoms with van der Waals surface area (Å²) in [6.45, 7) is 3.08. The van der Waals surface area contributed by atoms with E-state index in [0.29, 0.717) is 6.04 Å². The minimum Gasteiger partial charge on any atom is -0.314 e. The van der Waals surface area contributed by atoms with Gasteiger partial charge in [0.05, 0.1) is 5.52 Å². The molecule has 1 fully saturated rings. The molecule has 0 radical (unpaired) electrons. The molecule has 0 saturated carbocycles. The van der Waals surface area contributed by atoms with Crippen molar-refractivity contribution >= 4 is 10.9 Å². The number of para-hydroxylation sites is 1. The van der Waals surface area contributed by atoms with Gasteiger partial charge in [-0.1, -0.05) is 18.2 Å². The van der Waals surface area contributed by atoms with Crippen molar-refractivity contribution in [3.8, 4) is 0 Å². The highest BCUT2D eigenvalue weighted by molar-refractivity contribution is 5.82. The zero-order valence-electron chi connectivity index (χ0n) is 9.11. The monoisotopic (exact) mass is 213 g/mol. The molecule has 2 N–H and O–H groups in total. The van der Waals surface area contributed by atoms with Crippen molar-refractivity contribution in [2.75, 3.05) is 19.6 Å². The van der Waals surface area contributed by atoms with Gasteiger partial charge in [-0.15, -0.1) is 0 Å². The maximum Gasteiger partial charge on any atom is 0.0705 e. The molecule has 1 aliphatic rings. The summed E-state index contributed by atoms with van der Waals surface area (Å²) in [4.78, 5) is 4.39. The predicted octanol–water partition coefficient (Wildman–Crippen LogP) is 1.47. The van der Waals surface area contributed by atoms with Gasteiger partial charge >= 0.3 is 0 Å². The molecule has 0 bridgehead atoms. The number of hydrogen-bond acceptors (Lipinski definition) is 3. The number of rotatable bonds is 1. The van der Waals surface area contributed by atoms with Crippen LogP contribution >= 0.6 is 0 Å². The smallest absolute Gasteiger partial charge is 0.0705 e. The van der Waals surface area contributed by atoms with E-state index in [1.807, 2.05) is 12.3 Å². The summed E-state index contributed by atoms with van der Waals surface area (Å²) in [6.07, 6.45) is 1.90. The van der Waals surface area contributed by atoms with E-state index in [9.17, 15) is 0 Å². The van der Waals surface area contributed by atoms with Crippen molar-refractivity contribution in [1.29, 1.82) is 0 Å². The Morgan fingerprint density at radius 3 is 2.94 bits per heavy atom. The van der Waals surface area contributed by atoms with Crippen LogP contribution in [0.3, 0.4) is 0 Å². The summed E-state index contributed by atoms with van der Waals surface area (Å²) in [6, 6.07) is 10.8. The van der Waals surface area contributed by atoms with Gasteiger partial charge in [-0.05, 0) is 17.7 Å². The van der Waals surface area contributed by atoms with Crippen LogP contribution in [0, 0.1) is 0 Å². The number of nitrogens with one attached hydrogen (secondary N) is 2. The molecular weight excluding hydrogens is 198 g/mol. The largest absolute Gasteiger partial charge is 0.314 e. The first-order chi connectivity index (χ1) is 7.95. The Kier molecular flexibility index (Phi) is 2.56. The normalized spacial score (nSPS) is 21.1. The fourth-order valence-corrected chi connectivity index (χ4v) is 2.30. The molecule has 1 aliphatic heterocycles. The number of hydrogen-bond donors (Lipinski definition) is 2. The lowest BCUT2D eigenvalue weighted by atomic mass is 10.0. The van der Waals surface area contributed by atoms with E-state index >= 15 is 0 Å². The third-order valence-electron chi connectivity index (χ3n) is 3.10. The Balaban J connectivity index is 2.08. The molecule has 1 aromatic heterocycles. The fourth-order valence-electron chi connectivity index (χ4n) is 2.30. The Morgan fingerprint density at radius 2 is 2.06 bits per heavy atom. The quantitative estimate of drug-likeness (QED) is 0.753. The summed E-state index contributed by atoms with van der Waals surface area (Å²) in [5.74, 6) is 0. The highest BCUT2D eigenvalue weighted by atomic mass is 15.1. The van der Waals surface area contributed by atoms with Crippen LogP contribution in [-0.4, -0.2) is 24.6 Å². The highest BCUT2D eigenvalue weighted by Crippen LogP contribution is 2.22. The summed E-state index contributed by atoms with van der Waals surface area (Å²) in [5, 5.41) is 8.21. The zero-order chi connectivity index (χ0) is 10.8. The van der Waals surface area contributed by atoms with Crippen molar-refractivity contribution in [3.05, 3.63) is 42.1 Å². The van der Waals surface area contributed by atoms with Gasteiger partial charge in [0.1, 0.15) is 0 Å². The van der Waals surface area contributed by atoms with Gasteiger partial charge in [0.25, 0.3) is 0 Å². The van der Waals surface area contributed by atoms with Crippen LogP contribution in [0.5, 0.6) is 0 Å². The van der Waals surface area contributed by atoms with Crippen molar-refractivity contribution in [2.45, 2.75) is 6.04 Å². The van der Waals surface area contributed by atoms with Crippen LogP contribution in [0.2, 0.25) is 0 Å². The van der Waals surface area contributed by atoms with Gasteiger partial charge in [-0.3, -0.25) is 4.98 Å². The van der Waals surface area contributed by atoms with Crippen LogP contribution in [0.25, 0.3) is 10.9 Å². The molecule has 2 heterocycles. The molecule has 16 heavy (non-hydrogen) atoms. The highest BCUT2D eigenvalue weighted by Gasteiger charge is 2.16. The second-order valence-electron chi connectivity index (χ2n) is 4.13. The average Bonchev–Trinajstić information content (AvgIpc) is 2.39. The number of piperazine rings is 1. The van der Waals surface area contributed by atoms with Crippen molar-refractivity contribution < 1.29 is 0 Å². The summed E-state index contributed by atoms with van der Waals surface area (Å²) in [7, 11) is 0. The first-order valence-electron chi connectivity index (χ1n) is 5.73. The van der Waals surface area contributed by atoms with Gasteiger partial charge in [-0.2, -0.15) is 0 Å². The number of aromatic nitrogens is 1. The average molecular weight is 213 g/mol. The Labute approximate surface area is 94.9 Å². The van der Waals surface area contributed by atoms with Crippen molar-refractivity contribution in [2.24, 2.45) is 0 Å². The molecule has 0 aliphatic carbocycles. The van der Waals surface area contributed by atoms with Crippen LogP contribution < -0.4 is 10.6 Å². The maximum absolute atomic E-state index is 4.39. The van der Waals surface area contributed by atoms with E-state index < -0.39 is 0 Å². The number of benzene rings is 1. The number of nitrogens with zero attached hydrogens (tertiary/aromatic N) is 1. The summed E-state index contributed by atoms with van der Waals surface area (Å²) >= 11 is 0. The van der Waals surface area contributed by atoms with Crippen LogP contribution in [0.15, 0.2) is 36.5 Å². The van der Waals surface area contributed by atoms with Gasteiger partial charge in [0, 0.05) is 37.3 Å². The molecule has 0 spiro atoms. The van der Waals surface area contributed by atoms with E-state index in [-0.39, 0.29) is 0 Å². The van der Waals surface area contributed by atoms with E-state index in [1.165, 1.54) is 10.9 Å². The van der Waals surface area contributed by atoms with Gasteiger partial charge in [-0.25, -0.2) is 0 Å². The van der Waals surface area contributed by atoms with E-state index in [2.05, 4.69) is 39.9 Å². The maximum atomic E-state index is 4.39. The molecule has 0 unspecified atom stereocenters. The number of pyridine rings is 1. The summed E-state index contributed by atoms with van der Waals surface area (Å²) < 4.78 is 0. The third-order valence-corrected chi connectivity index (χ3v) is 3.10. The molecule has 1 atom stereocenters. The van der Waals surface area contributed by atoms with Crippen LogP contribution in [0.4, 0.5) is 0 Å². The van der Waals surface area contributed by atoms with Gasteiger partial charge in [0.15, 0.2) is 0 Å². The lowest BCUT2D eigenvalue weighted by Gasteiger charge is -2.25. The first-order valence-corrected chi connectivity index (χ1v) is 5.73. The van der Waals surface area contributed by atoms with Crippen molar-refractivity contribution in [1.82, 2.24) is 15.6 Å². The number of fused-ring (bicyclic) bond motifs is 1. The molecule has 3 heteroatoms. The summed E-state index contributed by atoms with van der Waals surface area (Å²) in [5.41, 5.74) is 2.42. The molecule has 3 nitrogen and oxygen atoms in total. The van der Waals surface area contributed by atoms with Crippen LogP contribution in [-0.2, 0) is 0 Å². The molecular formula is C13H15N3. The third kappa shape index (κ3) is 1.68. The molecule has 0 amide bonds. The Hall–Kier alpha value is -1.45. The van der Waals surface area contributed by atoms with E-state index in [4.69, 9.17) is 0 Å². The first kappa shape index (κ1) is 9.75. The second-order valence-corrected chi connectivity index (χ2v) is 4.13. The van der Waals surface area contributed by atoms with Crippen molar-refractivity contribution in [3.63, 3.8) is 0 Å². The van der Waals surface area contributed by atoms with Gasteiger partial charge < -0.3 is 10.6 Å². The van der Waals surface area contributed by atoms with E-state index in [0.717, 1.165) is 25.2 Å². The Bertz CT molecular complexity index is 484. The topological polar surface area (TPSA) is 37.0 Å². The lowest BCUT2D eigenvalue weighted by Crippen LogP contribution is -2.42. The lowest BCUT2D eigenvalue weighted by molar-refractivity contribution is 0.432. The fraction of sp³-hybridized carbons (Fsp3) is 0.308. The zero-order valence-corrected chi connectivity index (χ0v) is 9.11. The minimum atomic E-state index is 0.404. The van der Waals surface area contributed by atoms with Gasteiger partial charge in [0.2, 0.25) is 0 Å². The molecule has 2 aromatic rings. The standard InChI is InChI=1S/C13H15N3/c1-2-4-12-10(3-1)11(5-6-15-12)13-9-14-7-8-16-13/h1-6,13-14,16H,7-9H2/t13-/m1/s1. The van der Waals surface area contributed by atoms with Crippen LogP contribution in [0.1, 0.15) is 11.6 Å². The molecule has 1 aromatic carbocycles. The molecule has 3 rings (SSSR count). The minimum absolute atomic E-state index is 0.404. The Morgan fingerprint density at radius 1 is 1.12 bits per heavy atom. The SMILES string of the molecule is c1ccc2c([C@H]3CNCCN3)ccnc2c1.